The first kappa shape index (κ1) is 13.0. The molecule has 0 aliphatic carbocycles. The van der Waals surface area contributed by atoms with Gasteiger partial charge in [0.15, 0.2) is 11.6 Å². The van der Waals surface area contributed by atoms with Crippen molar-refractivity contribution in [2.75, 3.05) is 17.9 Å². The molecule has 1 rings (SSSR count). The van der Waals surface area contributed by atoms with Gasteiger partial charge >= 0.3 is 0 Å². The average molecular weight is 240 g/mol. The Balaban J connectivity index is 2.86. The van der Waals surface area contributed by atoms with Crippen LogP contribution in [0.5, 0.6) is 5.75 Å². The van der Waals surface area contributed by atoms with Crippen molar-refractivity contribution in [3.8, 4) is 5.75 Å². The molecule has 8 nitrogen and oxygen atoms in total. The summed E-state index contributed by atoms with van der Waals surface area (Å²) in [5.74, 6) is 6.08. The molecule has 94 valence electrons. The third-order valence-corrected chi connectivity index (χ3v) is 2.04. The second-order valence-corrected chi connectivity index (χ2v) is 3.46. The zero-order chi connectivity index (χ0) is 12.8. The number of primary amides is 1. The summed E-state index contributed by atoms with van der Waals surface area (Å²) in [5, 5.41) is 2.99. The summed E-state index contributed by atoms with van der Waals surface area (Å²) in [4.78, 5) is 18.7. The van der Waals surface area contributed by atoms with Crippen molar-refractivity contribution < 1.29 is 9.53 Å². The summed E-state index contributed by atoms with van der Waals surface area (Å²) >= 11 is 0. The predicted octanol–water partition coefficient (Wildman–Crippen LogP) is -0.553. The number of nitrogens with one attached hydrogen (secondary N) is 2. The molecule has 6 N–H and O–H groups in total. The van der Waals surface area contributed by atoms with Crippen LogP contribution >= 0.6 is 0 Å². The second kappa shape index (κ2) is 5.85. The third kappa shape index (κ3) is 3.45. The van der Waals surface area contributed by atoms with Crippen LogP contribution in [0.2, 0.25) is 0 Å². The van der Waals surface area contributed by atoms with Gasteiger partial charge in [-0.3, -0.25) is 4.79 Å². The molecule has 1 amide bonds. The van der Waals surface area contributed by atoms with Crippen molar-refractivity contribution >= 4 is 17.5 Å². The SMILES string of the molecule is COc1c(NN)ncnc1NC(C)CC(N)=O. The number of methoxy groups -OCH3 is 1. The smallest absolute Gasteiger partial charge is 0.219 e. The molecular weight excluding hydrogens is 224 g/mol. The van der Waals surface area contributed by atoms with Crippen LogP contribution in [-0.4, -0.2) is 29.0 Å². The van der Waals surface area contributed by atoms with E-state index >= 15 is 0 Å². The monoisotopic (exact) mass is 240 g/mol. The van der Waals surface area contributed by atoms with E-state index in [1.807, 2.05) is 6.92 Å². The minimum absolute atomic E-state index is 0.165. The van der Waals surface area contributed by atoms with Crippen molar-refractivity contribution in [1.82, 2.24) is 9.97 Å². The number of hydrazine groups is 1. The van der Waals surface area contributed by atoms with Crippen LogP contribution < -0.4 is 27.1 Å². The largest absolute Gasteiger partial charge is 0.490 e. The summed E-state index contributed by atoms with van der Waals surface area (Å²) in [6, 6.07) is -0.165. The molecule has 0 radical (unpaired) electrons. The third-order valence-electron chi connectivity index (χ3n) is 2.04. The van der Waals surface area contributed by atoms with Crippen LogP contribution in [0.15, 0.2) is 6.33 Å². The number of carbonyl (C=O) groups is 1. The Morgan fingerprint density at radius 1 is 1.53 bits per heavy atom. The molecule has 0 aliphatic rings. The van der Waals surface area contributed by atoms with Gasteiger partial charge in [-0.15, -0.1) is 0 Å². The molecule has 0 saturated heterocycles. The molecule has 1 aromatic heterocycles. The lowest BCUT2D eigenvalue weighted by Gasteiger charge is -2.16. The van der Waals surface area contributed by atoms with Gasteiger partial charge in [-0.2, -0.15) is 0 Å². The van der Waals surface area contributed by atoms with Crippen LogP contribution in [0.25, 0.3) is 0 Å². The van der Waals surface area contributed by atoms with Crippen molar-refractivity contribution in [2.24, 2.45) is 11.6 Å². The topological polar surface area (TPSA) is 128 Å². The van der Waals surface area contributed by atoms with Gasteiger partial charge in [-0.05, 0) is 6.92 Å². The predicted molar refractivity (Wildman–Crippen MR) is 63.3 cm³/mol. The Hall–Kier alpha value is -2.09. The van der Waals surface area contributed by atoms with Gasteiger partial charge in [0.2, 0.25) is 11.7 Å². The van der Waals surface area contributed by atoms with E-state index in [-0.39, 0.29) is 12.5 Å². The maximum atomic E-state index is 10.8. The fraction of sp³-hybridized carbons (Fsp3) is 0.444. The molecule has 0 saturated carbocycles. The quantitative estimate of drug-likeness (QED) is 0.387. The summed E-state index contributed by atoms with van der Waals surface area (Å²) in [6.07, 6.45) is 1.52. The van der Waals surface area contributed by atoms with E-state index in [2.05, 4.69) is 20.7 Å². The molecule has 0 fully saturated rings. The number of nitrogens with two attached hydrogens (primary N) is 2. The highest BCUT2D eigenvalue weighted by atomic mass is 16.5. The Morgan fingerprint density at radius 2 is 2.18 bits per heavy atom. The minimum Gasteiger partial charge on any atom is -0.490 e. The second-order valence-electron chi connectivity index (χ2n) is 3.46. The minimum atomic E-state index is -0.393. The normalized spacial score (nSPS) is 11.7. The first-order valence-corrected chi connectivity index (χ1v) is 4.99. The molecule has 0 bridgehead atoms. The lowest BCUT2D eigenvalue weighted by atomic mass is 10.2. The maximum absolute atomic E-state index is 10.8. The first-order chi connectivity index (χ1) is 8.08. The summed E-state index contributed by atoms with van der Waals surface area (Å²) in [5.41, 5.74) is 7.49. The lowest BCUT2D eigenvalue weighted by Crippen LogP contribution is -2.25. The molecular formula is C9H16N6O2. The number of carbonyl (C=O) groups excluding carboxylic acids is 1. The Morgan fingerprint density at radius 3 is 2.71 bits per heavy atom. The maximum Gasteiger partial charge on any atom is 0.219 e. The number of nitrogen functional groups attached to an aromatic ring is 1. The number of rotatable bonds is 6. The number of aromatic nitrogens is 2. The average Bonchev–Trinajstić information content (AvgIpc) is 2.27. The fourth-order valence-corrected chi connectivity index (χ4v) is 1.36. The molecule has 0 aromatic carbocycles. The van der Waals surface area contributed by atoms with Gasteiger partial charge in [0, 0.05) is 12.5 Å². The number of hydrogen-bond donors (Lipinski definition) is 4. The van der Waals surface area contributed by atoms with Crippen molar-refractivity contribution in [2.45, 2.75) is 19.4 Å². The van der Waals surface area contributed by atoms with E-state index in [1.165, 1.54) is 13.4 Å². The van der Waals surface area contributed by atoms with E-state index in [0.29, 0.717) is 17.4 Å². The van der Waals surface area contributed by atoms with Gasteiger partial charge < -0.3 is 21.2 Å². The van der Waals surface area contributed by atoms with Crippen LogP contribution in [-0.2, 0) is 4.79 Å². The highest BCUT2D eigenvalue weighted by molar-refractivity contribution is 5.75. The number of nitrogens with zero attached hydrogens (tertiary/aromatic N) is 2. The Bertz CT molecular complexity index is 397. The highest BCUT2D eigenvalue weighted by Gasteiger charge is 2.14. The number of hydrogen-bond acceptors (Lipinski definition) is 7. The molecule has 0 aliphatic heterocycles. The van der Waals surface area contributed by atoms with Gasteiger partial charge in [-0.25, -0.2) is 15.8 Å². The van der Waals surface area contributed by atoms with Crippen molar-refractivity contribution in [1.29, 1.82) is 0 Å². The van der Waals surface area contributed by atoms with E-state index in [9.17, 15) is 4.79 Å². The van der Waals surface area contributed by atoms with E-state index in [1.54, 1.807) is 0 Å². The van der Waals surface area contributed by atoms with E-state index < -0.39 is 5.91 Å². The number of anilines is 2. The Kier molecular flexibility index (Phi) is 4.46. The van der Waals surface area contributed by atoms with Gasteiger partial charge in [0.05, 0.1) is 7.11 Å². The van der Waals surface area contributed by atoms with Crippen LogP contribution in [0.3, 0.4) is 0 Å². The Labute approximate surface area is 98.7 Å². The lowest BCUT2D eigenvalue weighted by molar-refractivity contribution is -0.118. The molecule has 1 unspecified atom stereocenters. The van der Waals surface area contributed by atoms with Crippen LogP contribution in [0, 0.1) is 0 Å². The number of ether oxygens (including phenoxy) is 1. The zero-order valence-electron chi connectivity index (χ0n) is 9.73. The van der Waals surface area contributed by atoms with Crippen LogP contribution in [0.4, 0.5) is 11.6 Å². The van der Waals surface area contributed by atoms with E-state index in [4.69, 9.17) is 16.3 Å². The fourth-order valence-electron chi connectivity index (χ4n) is 1.36. The molecule has 17 heavy (non-hydrogen) atoms. The molecule has 0 spiro atoms. The van der Waals surface area contributed by atoms with Crippen molar-refractivity contribution in [3.63, 3.8) is 0 Å². The van der Waals surface area contributed by atoms with Crippen LogP contribution in [0.1, 0.15) is 13.3 Å². The first-order valence-electron chi connectivity index (χ1n) is 4.99. The van der Waals surface area contributed by atoms with E-state index in [0.717, 1.165) is 0 Å². The number of amides is 1. The highest BCUT2D eigenvalue weighted by Crippen LogP contribution is 2.28. The summed E-state index contributed by atoms with van der Waals surface area (Å²) in [7, 11) is 1.48. The van der Waals surface area contributed by atoms with Gasteiger partial charge in [-0.1, -0.05) is 0 Å². The van der Waals surface area contributed by atoms with Gasteiger partial charge in [0.1, 0.15) is 6.33 Å². The zero-order valence-corrected chi connectivity index (χ0v) is 9.73. The molecule has 1 aromatic rings. The summed E-state index contributed by atoms with van der Waals surface area (Å²) < 4.78 is 5.13. The van der Waals surface area contributed by atoms with Crippen molar-refractivity contribution in [3.05, 3.63) is 6.33 Å². The summed E-state index contributed by atoms with van der Waals surface area (Å²) in [6.45, 7) is 1.81. The standard InChI is InChI=1S/C9H16N6O2/c1-5(3-6(10)16)14-8-7(17-2)9(15-11)13-4-12-8/h4-5H,3,11H2,1-2H3,(H2,10,16)(H2,12,13,14,15). The molecule has 1 atom stereocenters. The molecule has 8 heteroatoms. The molecule has 1 heterocycles. The van der Waals surface area contributed by atoms with Gasteiger partial charge in [0.25, 0.3) is 0 Å².